The van der Waals surface area contributed by atoms with Crippen molar-refractivity contribution in [3.63, 3.8) is 0 Å². The first-order valence-corrected chi connectivity index (χ1v) is 4.83. The van der Waals surface area contributed by atoms with Crippen LogP contribution in [-0.4, -0.2) is 12.5 Å². The number of nitrogens with zero attached hydrogens (tertiary/aromatic N) is 1. The number of amides is 1. The zero-order valence-corrected chi connectivity index (χ0v) is 9.21. The van der Waals surface area contributed by atoms with E-state index in [0.29, 0.717) is 3.57 Å². The molecule has 0 saturated carbocycles. The third-order valence-corrected chi connectivity index (χ3v) is 2.38. The summed E-state index contributed by atoms with van der Waals surface area (Å²) in [5, 5.41) is 10.5. The van der Waals surface area contributed by atoms with Gasteiger partial charge in [-0.1, -0.05) is 0 Å². The van der Waals surface area contributed by atoms with Crippen molar-refractivity contribution in [2.75, 3.05) is 6.54 Å². The van der Waals surface area contributed by atoms with E-state index in [1.54, 1.807) is 6.07 Å². The lowest BCUT2D eigenvalue weighted by Gasteiger charge is -2.01. The van der Waals surface area contributed by atoms with E-state index in [4.69, 9.17) is 5.26 Å². The topological polar surface area (TPSA) is 52.9 Å². The molecule has 0 spiro atoms. The minimum Gasteiger partial charge on any atom is -0.339 e. The van der Waals surface area contributed by atoms with Crippen molar-refractivity contribution in [1.82, 2.24) is 5.32 Å². The summed E-state index contributed by atoms with van der Waals surface area (Å²) < 4.78 is 13.5. The molecule has 14 heavy (non-hydrogen) atoms. The zero-order valence-electron chi connectivity index (χ0n) is 7.05. The van der Waals surface area contributed by atoms with Crippen LogP contribution >= 0.6 is 22.6 Å². The van der Waals surface area contributed by atoms with Gasteiger partial charge in [-0.2, -0.15) is 5.26 Å². The highest BCUT2D eigenvalue weighted by Gasteiger charge is 2.07. The smallest absolute Gasteiger partial charge is 0.252 e. The SMILES string of the molecule is N#CCNC(=O)c1ccc(I)c(F)c1. The van der Waals surface area contributed by atoms with Crippen molar-refractivity contribution in [1.29, 1.82) is 5.26 Å². The Bertz CT molecular complexity index is 400. The number of hydrogen-bond acceptors (Lipinski definition) is 2. The number of hydrogen-bond donors (Lipinski definition) is 1. The van der Waals surface area contributed by atoms with Crippen molar-refractivity contribution in [3.05, 3.63) is 33.1 Å². The van der Waals surface area contributed by atoms with Gasteiger partial charge in [0.15, 0.2) is 0 Å². The van der Waals surface area contributed by atoms with Crippen molar-refractivity contribution in [3.8, 4) is 6.07 Å². The van der Waals surface area contributed by atoms with Gasteiger partial charge in [-0.25, -0.2) is 4.39 Å². The number of nitriles is 1. The van der Waals surface area contributed by atoms with Gasteiger partial charge in [0.1, 0.15) is 12.4 Å². The molecule has 1 amide bonds. The first kappa shape index (κ1) is 10.9. The molecular weight excluding hydrogens is 298 g/mol. The standard InChI is InChI=1S/C9H6FIN2O/c10-7-5-6(1-2-8(7)11)9(14)13-4-3-12/h1-2,5H,4H2,(H,13,14). The summed E-state index contributed by atoms with van der Waals surface area (Å²) in [6.45, 7) is -0.0769. The maximum absolute atomic E-state index is 13.0. The molecular formula is C9H6FIN2O. The van der Waals surface area contributed by atoms with Gasteiger partial charge in [0, 0.05) is 9.13 Å². The van der Waals surface area contributed by atoms with E-state index in [0.717, 1.165) is 6.07 Å². The first-order chi connectivity index (χ1) is 6.65. The lowest BCUT2D eigenvalue weighted by molar-refractivity contribution is 0.0958. The Hall–Kier alpha value is -1.16. The molecule has 3 nitrogen and oxygen atoms in total. The molecule has 0 unspecified atom stereocenters. The molecule has 0 fully saturated rings. The van der Waals surface area contributed by atoms with Crippen molar-refractivity contribution in [2.45, 2.75) is 0 Å². The monoisotopic (exact) mass is 304 g/mol. The van der Waals surface area contributed by atoms with Crippen LogP contribution in [0.2, 0.25) is 0 Å². The minimum atomic E-state index is -0.443. The van der Waals surface area contributed by atoms with E-state index in [1.165, 1.54) is 12.1 Å². The molecule has 1 rings (SSSR count). The average molecular weight is 304 g/mol. The first-order valence-electron chi connectivity index (χ1n) is 3.75. The Morgan fingerprint density at radius 3 is 2.93 bits per heavy atom. The van der Waals surface area contributed by atoms with Crippen LogP contribution in [0.25, 0.3) is 0 Å². The summed E-state index contributed by atoms with van der Waals surface area (Å²) in [6.07, 6.45) is 0. The number of halogens is 2. The highest BCUT2D eigenvalue weighted by atomic mass is 127. The molecule has 0 aromatic heterocycles. The van der Waals surface area contributed by atoms with Crippen LogP contribution in [0.1, 0.15) is 10.4 Å². The second-order valence-electron chi connectivity index (χ2n) is 2.47. The van der Waals surface area contributed by atoms with Crippen molar-refractivity contribution < 1.29 is 9.18 Å². The highest BCUT2D eigenvalue weighted by molar-refractivity contribution is 14.1. The Morgan fingerprint density at radius 2 is 2.36 bits per heavy atom. The quantitative estimate of drug-likeness (QED) is 0.668. The van der Waals surface area contributed by atoms with Gasteiger partial charge < -0.3 is 5.32 Å². The normalized spacial score (nSPS) is 9.21. The fourth-order valence-electron chi connectivity index (χ4n) is 0.859. The molecule has 0 heterocycles. The summed E-state index contributed by atoms with van der Waals surface area (Å²) in [7, 11) is 0. The Kier molecular flexibility index (Phi) is 3.83. The van der Waals surface area contributed by atoms with E-state index >= 15 is 0 Å². The second-order valence-corrected chi connectivity index (χ2v) is 3.63. The Balaban J connectivity index is 2.82. The van der Waals surface area contributed by atoms with Crippen LogP contribution < -0.4 is 5.32 Å². The third-order valence-electron chi connectivity index (χ3n) is 1.51. The van der Waals surface area contributed by atoms with E-state index in [9.17, 15) is 9.18 Å². The molecule has 0 aliphatic carbocycles. The van der Waals surface area contributed by atoms with Crippen LogP contribution in [0, 0.1) is 20.7 Å². The molecule has 1 N–H and O–H groups in total. The molecule has 72 valence electrons. The minimum absolute atomic E-state index is 0.0769. The number of nitrogens with one attached hydrogen (secondary N) is 1. The molecule has 0 atom stereocenters. The molecule has 5 heteroatoms. The van der Waals surface area contributed by atoms with Gasteiger partial charge in [-0.05, 0) is 40.8 Å². The van der Waals surface area contributed by atoms with Crippen molar-refractivity contribution in [2.24, 2.45) is 0 Å². The van der Waals surface area contributed by atoms with Crippen LogP contribution in [0.4, 0.5) is 4.39 Å². The third kappa shape index (κ3) is 2.67. The fraction of sp³-hybridized carbons (Fsp3) is 0.111. The lowest BCUT2D eigenvalue weighted by Crippen LogP contribution is -2.23. The van der Waals surface area contributed by atoms with E-state index < -0.39 is 11.7 Å². The number of carbonyl (C=O) groups is 1. The maximum Gasteiger partial charge on any atom is 0.252 e. The van der Waals surface area contributed by atoms with Gasteiger partial charge in [-0.15, -0.1) is 0 Å². The molecule has 1 aromatic rings. The predicted octanol–water partition coefficient (Wildman–Crippen LogP) is 1.68. The van der Waals surface area contributed by atoms with Gasteiger partial charge in [0.05, 0.1) is 6.07 Å². The lowest BCUT2D eigenvalue weighted by atomic mass is 10.2. The summed E-state index contributed by atoms with van der Waals surface area (Å²) in [6, 6.07) is 5.94. The largest absolute Gasteiger partial charge is 0.339 e. The zero-order chi connectivity index (χ0) is 10.6. The molecule has 0 aliphatic heterocycles. The van der Waals surface area contributed by atoms with Crippen LogP contribution in [0.3, 0.4) is 0 Å². The van der Waals surface area contributed by atoms with Gasteiger partial charge in [0.2, 0.25) is 0 Å². The summed E-state index contributed by atoms with van der Waals surface area (Å²) in [5.74, 6) is -0.878. The molecule has 0 radical (unpaired) electrons. The van der Waals surface area contributed by atoms with Crippen LogP contribution in [-0.2, 0) is 0 Å². The molecule has 0 bridgehead atoms. The summed E-state index contributed by atoms with van der Waals surface area (Å²) in [5.41, 5.74) is 0.221. The summed E-state index contributed by atoms with van der Waals surface area (Å²) in [4.78, 5) is 11.2. The maximum atomic E-state index is 13.0. The van der Waals surface area contributed by atoms with Gasteiger partial charge in [-0.3, -0.25) is 4.79 Å². The predicted molar refractivity (Wildman–Crippen MR) is 57.1 cm³/mol. The van der Waals surface area contributed by atoms with Crippen molar-refractivity contribution >= 4 is 28.5 Å². The van der Waals surface area contributed by atoms with E-state index in [-0.39, 0.29) is 12.1 Å². The molecule has 0 aliphatic rings. The van der Waals surface area contributed by atoms with E-state index in [1.807, 2.05) is 22.6 Å². The van der Waals surface area contributed by atoms with Crippen LogP contribution in [0.5, 0.6) is 0 Å². The van der Waals surface area contributed by atoms with Crippen LogP contribution in [0.15, 0.2) is 18.2 Å². The van der Waals surface area contributed by atoms with E-state index in [2.05, 4.69) is 5.32 Å². The average Bonchev–Trinajstić information content (AvgIpc) is 2.18. The molecule has 1 aromatic carbocycles. The van der Waals surface area contributed by atoms with Gasteiger partial charge >= 0.3 is 0 Å². The Labute approximate surface area is 94.1 Å². The number of benzene rings is 1. The van der Waals surface area contributed by atoms with Gasteiger partial charge in [0.25, 0.3) is 5.91 Å². The fourth-order valence-corrected chi connectivity index (χ4v) is 1.19. The highest BCUT2D eigenvalue weighted by Crippen LogP contribution is 2.12. The summed E-state index contributed by atoms with van der Waals surface area (Å²) >= 11 is 1.83. The Morgan fingerprint density at radius 1 is 1.64 bits per heavy atom. The number of carbonyl (C=O) groups excluding carboxylic acids is 1. The number of rotatable bonds is 2. The second kappa shape index (κ2) is 4.91. The molecule has 0 saturated heterocycles.